The first-order valence-electron chi connectivity index (χ1n) is 7.77. The molecule has 0 fully saturated rings. The van der Waals surface area contributed by atoms with Gasteiger partial charge in [-0.2, -0.15) is 0 Å². The Kier molecular flexibility index (Phi) is 8.12. The predicted octanol–water partition coefficient (Wildman–Crippen LogP) is 3.22. The summed E-state index contributed by atoms with van der Waals surface area (Å²) < 4.78 is 5.38. The van der Waals surface area contributed by atoms with Crippen molar-refractivity contribution < 1.29 is 14.9 Å². The standard InChI is InChI=1S/C17H30O3/c1-13-10-11-15(18)8-6-4-5-7-9-16(20-3)17(19)14(2)12-13/h7,9,12,14-19H,4-6,8,10-11H2,1-3H3/b9-7+,13-12-/t14-,15?,16?,17+/m1/s1. The van der Waals surface area contributed by atoms with Crippen molar-refractivity contribution in [1.29, 1.82) is 0 Å². The molecule has 1 aliphatic rings. The Morgan fingerprint density at radius 2 is 1.95 bits per heavy atom. The normalized spacial score (nSPS) is 38.5. The van der Waals surface area contributed by atoms with Gasteiger partial charge in [0.05, 0.1) is 12.2 Å². The van der Waals surface area contributed by atoms with E-state index in [-0.39, 0.29) is 18.1 Å². The van der Waals surface area contributed by atoms with Gasteiger partial charge in [0.2, 0.25) is 0 Å². The molecular formula is C17H30O3. The molecule has 0 amide bonds. The van der Waals surface area contributed by atoms with Gasteiger partial charge in [0.25, 0.3) is 0 Å². The van der Waals surface area contributed by atoms with E-state index in [9.17, 15) is 10.2 Å². The molecular weight excluding hydrogens is 252 g/mol. The van der Waals surface area contributed by atoms with Crippen molar-refractivity contribution in [3.05, 3.63) is 23.8 Å². The molecule has 0 saturated heterocycles. The Balaban J connectivity index is 2.76. The SMILES string of the molecule is COC1/C=C/CCCCC(O)CC/C(C)=C\[C@@H](C)[C@@H]1O. The summed E-state index contributed by atoms with van der Waals surface area (Å²) in [6.45, 7) is 4.08. The summed E-state index contributed by atoms with van der Waals surface area (Å²) >= 11 is 0. The van der Waals surface area contributed by atoms with E-state index >= 15 is 0 Å². The molecule has 1 aliphatic carbocycles. The van der Waals surface area contributed by atoms with Gasteiger partial charge in [0.15, 0.2) is 0 Å². The molecule has 0 aromatic heterocycles. The third kappa shape index (κ3) is 6.21. The molecule has 3 heteroatoms. The first-order chi connectivity index (χ1) is 9.54. The minimum atomic E-state index is -0.529. The molecule has 0 aromatic rings. The molecule has 0 radical (unpaired) electrons. The van der Waals surface area contributed by atoms with Crippen LogP contribution in [0.4, 0.5) is 0 Å². The maximum absolute atomic E-state index is 10.3. The number of methoxy groups -OCH3 is 1. The van der Waals surface area contributed by atoms with Crippen LogP contribution < -0.4 is 0 Å². The fourth-order valence-corrected chi connectivity index (χ4v) is 2.67. The van der Waals surface area contributed by atoms with Crippen LogP contribution in [-0.4, -0.2) is 35.6 Å². The fraction of sp³-hybridized carbons (Fsp3) is 0.765. The van der Waals surface area contributed by atoms with Crippen molar-refractivity contribution in [3.63, 3.8) is 0 Å². The van der Waals surface area contributed by atoms with Crippen molar-refractivity contribution in [2.45, 2.75) is 70.7 Å². The third-order valence-electron chi connectivity index (χ3n) is 4.05. The van der Waals surface area contributed by atoms with Crippen LogP contribution in [-0.2, 0) is 4.74 Å². The van der Waals surface area contributed by atoms with Gasteiger partial charge in [-0.1, -0.05) is 37.1 Å². The summed E-state index contributed by atoms with van der Waals surface area (Å²) in [5.74, 6) is 0.0460. The van der Waals surface area contributed by atoms with Gasteiger partial charge in [0, 0.05) is 13.0 Å². The summed E-state index contributed by atoms with van der Waals surface area (Å²) in [4.78, 5) is 0. The third-order valence-corrected chi connectivity index (χ3v) is 4.05. The summed E-state index contributed by atoms with van der Waals surface area (Å²) in [6, 6.07) is 0. The number of hydrogen-bond donors (Lipinski definition) is 2. The molecule has 0 spiro atoms. The minimum absolute atomic E-state index is 0.0460. The smallest absolute Gasteiger partial charge is 0.102 e. The first kappa shape index (κ1) is 17.4. The van der Waals surface area contributed by atoms with Crippen LogP contribution in [0.15, 0.2) is 23.8 Å². The number of ether oxygens (including phenoxy) is 1. The highest BCUT2D eigenvalue weighted by atomic mass is 16.5. The molecule has 20 heavy (non-hydrogen) atoms. The second-order valence-electron chi connectivity index (χ2n) is 5.97. The van der Waals surface area contributed by atoms with E-state index in [1.165, 1.54) is 5.57 Å². The van der Waals surface area contributed by atoms with Crippen LogP contribution in [0.1, 0.15) is 52.4 Å². The molecule has 0 aliphatic heterocycles. The fourth-order valence-electron chi connectivity index (χ4n) is 2.67. The number of aliphatic hydroxyl groups is 2. The highest BCUT2D eigenvalue weighted by Crippen LogP contribution is 2.19. The Hall–Kier alpha value is -0.640. The Morgan fingerprint density at radius 3 is 2.65 bits per heavy atom. The molecule has 2 unspecified atom stereocenters. The van der Waals surface area contributed by atoms with Crippen LogP contribution in [0, 0.1) is 5.92 Å². The molecule has 0 aromatic carbocycles. The average Bonchev–Trinajstić information content (AvgIpc) is 2.43. The molecule has 0 saturated carbocycles. The van der Waals surface area contributed by atoms with E-state index in [4.69, 9.17) is 4.74 Å². The van der Waals surface area contributed by atoms with Crippen LogP contribution in [0.25, 0.3) is 0 Å². The lowest BCUT2D eigenvalue weighted by molar-refractivity contribution is -0.00190. The predicted molar refractivity (Wildman–Crippen MR) is 82.6 cm³/mol. The van der Waals surface area contributed by atoms with Gasteiger partial charge in [-0.3, -0.25) is 0 Å². The molecule has 2 N–H and O–H groups in total. The summed E-state index contributed by atoms with van der Waals surface area (Å²) in [6.07, 6.45) is 10.9. The first-order valence-corrected chi connectivity index (χ1v) is 7.77. The lowest BCUT2D eigenvalue weighted by Crippen LogP contribution is -2.31. The van der Waals surface area contributed by atoms with Crippen LogP contribution in [0.2, 0.25) is 0 Å². The zero-order valence-electron chi connectivity index (χ0n) is 13.1. The molecule has 1 rings (SSSR count). The maximum atomic E-state index is 10.3. The maximum Gasteiger partial charge on any atom is 0.102 e. The molecule has 3 nitrogen and oxygen atoms in total. The summed E-state index contributed by atoms with van der Waals surface area (Å²) in [5.41, 5.74) is 1.23. The largest absolute Gasteiger partial charge is 0.393 e. The van der Waals surface area contributed by atoms with E-state index in [2.05, 4.69) is 19.1 Å². The van der Waals surface area contributed by atoms with Gasteiger partial charge in [0.1, 0.15) is 6.10 Å². The van der Waals surface area contributed by atoms with Crippen molar-refractivity contribution in [2.75, 3.05) is 7.11 Å². The van der Waals surface area contributed by atoms with Gasteiger partial charge in [-0.25, -0.2) is 0 Å². The highest BCUT2D eigenvalue weighted by Gasteiger charge is 2.21. The zero-order chi connectivity index (χ0) is 15.0. The van der Waals surface area contributed by atoms with E-state index in [0.717, 1.165) is 38.5 Å². The van der Waals surface area contributed by atoms with Crippen molar-refractivity contribution in [3.8, 4) is 0 Å². The van der Waals surface area contributed by atoms with Crippen LogP contribution >= 0.6 is 0 Å². The van der Waals surface area contributed by atoms with Crippen LogP contribution in [0.5, 0.6) is 0 Å². The monoisotopic (exact) mass is 282 g/mol. The number of rotatable bonds is 1. The molecule has 0 bridgehead atoms. The van der Waals surface area contributed by atoms with E-state index in [1.807, 2.05) is 13.0 Å². The number of hydrogen-bond acceptors (Lipinski definition) is 3. The van der Waals surface area contributed by atoms with Crippen LogP contribution in [0.3, 0.4) is 0 Å². The molecule has 116 valence electrons. The number of allylic oxidation sites excluding steroid dienone is 2. The van der Waals surface area contributed by atoms with Crippen molar-refractivity contribution >= 4 is 0 Å². The Labute approximate surface area is 123 Å². The van der Waals surface area contributed by atoms with Crippen molar-refractivity contribution in [1.82, 2.24) is 0 Å². The average molecular weight is 282 g/mol. The molecule has 0 heterocycles. The summed E-state index contributed by atoms with van der Waals surface area (Å²) in [7, 11) is 1.64. The Bertz CT molecular complexity index is 322. The quantitative estimate of drug-likeness (QED) is 0.726. The highest BCUT2D eigenvalue weighted by molar-refractivity contribution is 5.05. The van der Waals surface area contributed by atoms with E-state index < -0.39 is 6.10 Å². The second kappa shape index (κ2) is 9.32. The zero-order valence-corrected chi connectivity index (χ0v) is 13.1. The lowest BCUT2D eigenvalue weighted by atomic mass is 9.94. The lowest BCUT2D eigenvalue weighted by Gasteiger charge is -2.23. The number of aliphatic hydroxyl groups excluding tert-OH is 2. The van der Waals surface area contributed by atoms with Gasteiger partial charge >= 0.3 is 0 Å². The van der Waals surface area contributed by atoms with E-state index in [1.54, 1.807) is 7.11 Å². The minimum Gasteiger partial charge on any atom is -0.393 e. The Morgan fingerprint density at radius 1 is 1.20 bits per heavy atom. The topological polar surface area (TPSA) is 49.7 Å². The van der Waals surface area contributed by atoms with Gasteiger partial charge in [-0.15, -0.1) is 0 Å². The molecule has 4 atom stereocenters. The summed E-state index contributed by atoms with van der Waals surface area (Å²) in [5, 5.41) is 20.3. The van der Waals surface area contributed by atoms with Gasteiger partial charge in [-0.05, 0) is 39.0 Å². The second-order valence-corrected chi connectivity index (χ2v) is 5.97. The van der Waals surface area contributed by atoms with E-state index in [0.29, 0.717) is 0 Å². The van der Waals surface area contributed by atoms with Crippen molar-refractivity contribution in [2.24, 2.45) is 5.92 Å². The van der Waals surface area contributed by atoms with Gasteiger partial charge < -0.3 is 14.9 Å².